The largest absolute Gasteiger partial charge is 0.504 e. The fraction of sp³-hybridized carbons (Fsp3) is 0.733. The molecular formula is C15H27N3O. The molecule has 0 amide bonds. The molecular weight excluding hydrogens is 238 g/mol. The Morgan fingerprint density at radius 3 is 2.00 bits per heavy atom. The van der Waals surface area contributed by atoms with E-state index in [2.05, 4.69) is 22.2 Å². The summed E-state index contributed by atoms with van der Waals surface area (Å²) < 4.78 is 0. The van der Waals surface area contributed by atoms with Crippen molar-refractivity contribution in [1.29, 1.82) is 0 Å². The zero-order valence-electron chi connectivity index (χ0n) is 12.5. The summed E-state index contributed by atoms with van der Waals surface area (Å²) >= 11 is 0. The Balaban J connectivity index is 2.16. The second-order valence-electron chi connectivity index (χ2n) is 5.11. The molecule has 4 nitrogen and oxygen atoms in total. The summed E-state index contributed by atoms with van der Waals surface area (Å²) in [6, 6.07) is 0. The quantitative estimate of drug-likeness (QED) is 0.663. The van der Waals surface area contributed by atoms with Crippen molar-refractivity contribution >= 4 is 5.95 Å². The monoisotopic (exact) mass is 265 g/mol. The minimum absolute atomic E-state index is 0.196. The molecule has 0 saturated heterocycles. The SMILES string of the molecule is CCCCCCCCCNc1nc(C)c(O)c(C)n1. The van der Waals surface area contributed by atoms with Gasteiger partial charge in [-0.1, -0.05) is 45.4 Å². The topological polar surface area (TPSA) is 58.0 Å². The van der Waals surface area contributed by atoms with Crippen LogP contribution >= 0.6 is 0 Å². The Bertz CT molecular complexity index is 357. The molecule has 0 spiro atoms. The van der Waals surface area contributed by atoms with Gasteiger partial charge in [0.15, 0.2) is 5.75 Å². The predicted octanol–water partition coefficient (Wildman–Crippen LogP) is 3.96. The molecule has 1 rings (SSSR count). The molecule has 0 aliphatic heterocycles. The summed E-state index contributed by atoms with van der Waals surface area (Å²) in [5, 5.41) is 12.8. The lowest BCUT2D eigenvalue weighted by Crippen LogP contribution is -2.07. The number of nitrogens with zero attached hydrogens (tertiary/aromatic N) is 2. The van der Waals surface area contributed by atoms with Crippen LogP contribution in [0.2, 0.25) is 0 Å². The van der Waals surface area contributed by atoms with Crippen molar-refractivity contribution in [3.63, 3.8) is 0 Å². The van der Waals surface area contributed by atoms with Crippen LogP contribution in [0.25, 0.3) is 0 Å². The molecule has 1 aromatic rings. The first-order valence-corrected chi connectivity index (χ1v) is 7.43. The molecule has 0 saturated carbocycles. The highest BCUT2D eigenvalue weighted by atomic mass is 16.3. The van der Waals surface area contributed by atoms with Crippen molar-refractivity contribution in [3.05, 3.63) is 11.4 Å². The average Bonchev–Trinajstić information content (AvgIpc) is 2.39. The van der Waals surface area contributed by atoms with Crippen LogP contribution in [0.5, 0.6) is 5.75 Å². The molecule has 0 bridgehead atoms. The van der Waals surface area contributed by atoms with Crippen LogP contribution in [0, 0.1) is 13.8 Å². The fourth-order valence-electron chi connectivity index (χ4n) is 2.07. The van der Waals surface area contributed by atoms with Crippen LogP contribution in [0.1, 0.15) is 63.3 Å². The molecule has 4 heteroatoms. The predicted molar refractivity (Wildman–Crippen MR) is 79.7 cm³/mol. The first-order valence-electron chi connectivity index (χ1n) is 7.43. The standard InChI is InChI=1S/C15H27N3O/c1-4-5-6-7-8-9-10-11-16-15-17-12(2)14(19)13(3)18-15/h19H,4-11H2,1-3H3,(H,16,17,18). The summed E-state index contributed by atoms with van der Waals surface area (Å²) in [4.78, 5) is 8.44. The van der Waals surface area contributed by atoms with Gasteiger partial charge in [-0.3, -0.25) is 0 Å². The van der Waals surface area contributed by atoms with E-state index >= 15 is 0 Å². The van der Waals surface area contributed by atoms with Gasteiger partial charge in [-0.15, -0.1) is 0 Å². The normalized spacial score (nSPS) is 10.7. The molecule has 2 N–H and O–H groups in total. The van der Waals surface area contributed by atoms with E-state index in [1.54, 1.807) is 13.8 Å². The van der Waals surface area contributed by atoms with E-state index < -0.39 is 0 Å². The van der Waals surface area contributed by atoms with Crippen molar-refractivity contribution in [1.82, 2.24) is 9.97 Å². The molecule has 0 aliphatic rings. The molecule has 108 valence electrons. The Morgan fingerprint density at radius 2 is 1.42 bits per heavy atom. The number of aryl methyl sites for hydroxylation is 2. The number of aromatic nitrogens is 2. The summed E-state index contributed by atoms with van der Waals surface area (Å²) in [7, 11) is 0. The third-order valence-electron chi connectivity index (χ3n) is 3.30. The molecule has 1 heterocycles. The van der Waals surface area contributed by atoms with Crippen molar-refractivity contribution in [3.8, 4) is 5.75 Å². The van der Waals surface area contributed by atoms with Gasteiger partial charge in [-0.2, -0.15) is 0 Å². The maximum absolute atomic E-state index is 9.59. The molecule has 0 aromatic carbocycles. The maximum atomic E-state index is 9.59. The third-order valence-corrected chi connectivity index (χ3v) is 3.30. The van der Waals surface area contributed by atoms with Gasteiger partial charge in [0.2, 0.25) is 5.95 Å². The third kappa shape index (κ3) is 5.90. The van der Waals surface area contributed by atoms with Gasteiger partial charge in [-0.25, -0.2) is 9.97 Å². The number of nitrogens with one attached hydrogen (secondary N) is 1. The van der Waals surface area contributed by atoms with Gasteiger partial charge in [-0.05, 0) is 20.3 Å². The lowest BCUT2D eigenvalue weighted by molar-refractivity contribution is 0.459. The second-order valence-corrected chi connectivity index (χ2v) is 5.11. The van der Waals surface area contributed by atoms with Crippen LogP contribution in [-0.4, -0.2) is 21.6 Å². The molecule has 0 atom stereocenters. The van der Waals surface area contributed by atoms with Crippen LogP contribution in [0.15, 0.2) is 0 Å². The Hall–Kier alpha value is -1.32. The molecule has 0 aliphatic carbocycles. The van der Waals surface area contributed by atoms with Crippen LogP contribution in [0.4, 0.5) is 5.95 Å². The van der Waals surface area contributed by atoms with Crippen molar-refractivity contribution in [2.24, 2.45) is 0 Å². The van der Waals surface area contributed by atoms with E-state index in [0.29, 0.717) is 17.3 Å². The zero-order valence-corrected chi connectivity index (χ0v) is 12.5. The van der Waals surface area contributed by atoms with Gasteiger partial charge >= 0.3 is 0 Å². The van der Waals surface area contributed by atoms with Crippen LogP contribution in [0.3, 0.4) is 0 Å². The van der Waals surface area contributed by atoms with Gasteiger partial charge < -0.3 is 10.4 Å². The van der Waals surface area contributed by atoms with Crippen molar-refractivity contribution < 1.29 is 5.11 Å². The fourth-order valence-corrected chi connectivity index (χ4v) is 2.07. The van der Waals surface area contributed by atoms with Crippen molar-refractivity contribution in [2.75, 3.05) is 11.9 Å². The van der Waals surface area contributed by atoms with Gasteiger partial charge in [0.1, 0.15) is 0 Å². The molecule has 0 radical (unpaired) electrons. The summed E-state index contributed by atoms with van der Waals surface area (Å²) in [6.07, 6.45) is 9.10. The molecule has 19 heavy (non-hydrogen) atoms. The van der Waals surface area contributed by atoms with Crippen LogP contribution in [-0.2, 0) is 0 Å². The van der Waals surface area contributed by atoms with E-state index in [9.17, 15) is 5.11 Å². The van der Waals surface area contributed by atoms with Crippen LogP contribution < -0.4 is 5.32 Å². The number of anilines is 1. The number of unbranched alkanes of at least 4 members (excludes halogenated alkanes) is 6. The van der Waals surface area contributed by atoms with E-state index in [4.69, 9.17) is 0 Å². The molecule has 1 aromatic heterocycles. The summed E-state index contributed by atoms with van der Waals surface area (Å²) in [5.74, 6) is 0.820. The minimum atomic E-state index is 0.196. The highest BCUT2D eigenvalue weighted by molar-refractivity contribution is 5.37. The minimum Gasteiger partial charge on any atom is -0.504 e. The Morgan fingerprint density at radius 1 is 0.895 bits per heavy atom. The maximum Gasteiger partial charge on any atom is 0.223 e. The van der Waals surface area contributed by atoms with E-state index in [-0.39, 0.29) is 5.75 Å². The molecule has 0 unspecified atom stereocenters. The van der Waals surface area contributed by atoms with Gasteiger partial charge in [0, 0.05) is 6.54 Å². The average molecular weight is 265 g/mol. The number of aromatic hydroxyl groups is 1. The molecule has 0 fully saturated rings. The highest BCUT2D eigenvalue weighted by Crippen LogP contribution is 2.18. The second kappa shape index (κ2) is 8.73. The first kappa shape index (κ1) is 15.7. The number of hydrogen-bond donors (Lipinski definition) is 2. The number of hydrogen-bond acceptors (Lipinski definition) is 4. The van der Waals surface area contributed by atoms with Crippen molar-refractivity contribution in [2.45, 2.75) is 65.7 Å². The summed E-state index contributed by atoms with van der Waals surface area (Å²) in [6.45, 7) is 6.73. The summed E-state index contributed by atoms with van der Waals surface area (Å²) in [5.41, 5.74) is 1.27. The number of rotatable bonds is 9. The van der Waals surface area contributed by atoms with E-state index in [1.807, 2.05) is 0 Å². The Labute approximate surface area is 116 Å². The van der Waals surface area contributed by atoms with Gasteiger partial charge in [0.25, 0.3) is 0 Å². The van der Waals surface area contributed by atoms with Gasteiger partial charge in [0.05, 0.1) is 11.4 Å². The van der Waals surface area contributed by atoms with E-state index in [1.165, 1.54) is 38.5 Å². The lowest BCUT2D eigenvalue weighted by atomic mass is 10.1. The lowest BCUT2D eigenvalue weighted by Gasteiger charge is -2.08. The van der Waals surface area contributed by atoms with E-state index in [0.717, 1.165) is 13.0 Å². The zero-order chi connectivity index (χ0) is 14.1. The highest BCUT2D eigenvalue weighted by Gasteiger charge is 2.05. The smallest absolute Gasteiger partial charge is 0.223 e. The Kier molecular flexibility index (Phi) is 7.23. The first-order chi connectivity index (χ1) is 9.15.